The van der Waals surface area contributed by atoms with E-state index in [9.17, 15) is 4.79 Å². The lowest BCUT2D eigenvalue weighted by atomic mass is 10.0. The van der Waals surface area contributed by atoms with Crippen molar-refractivity contribution in [3.63, 3.8) is 0 Å². The zero-order chi connectivity index (χ0) is 17.7. The van der Waals surface area contributed by atoms with Gasteiger partial charge >= 0.3 is 0 Å². The van der Waals surface area contributed by atoms with Gasteiger partial charge in [0.15, 0.2) is 11.5 Å². The monoisotopic (exact) mass is 329 g/mol. The zero-order valence-electron chi connectivity index (χ0n) is 14.7. The Morgan fingerprint density at radius 2 is 1.50 bits per heavy atom. The van der Waals surface area contributed by atoms with Gasteiger partial charge in [-0.3, -0.25) is 4.79 Å². The molecule has 0 aliphatic heterocycles. The van der Waals surface area contributed by atoms with Gasteiger partial charge in [-0.1, -0.05) is 6.07 Å². The van der Waals surface area contributed by atoms with Crippen molar-refractivity contribution in [2.45, 2.75) is 20.4 Å². The maximum absolute atomic E-state index is 12.5. The van der Waals surface area contributed by atoms with Crippen molar-refractivity contribution in [1.29, 1.82) is 0 Å². The van der Waals surface area contributed by atoms with Crippen LogP contribution in [0.25, 0.3) is 0 Å². The maximum Gasteiger partial charge on any atom is 0.255 e. The number of carbonyl (C=O) groups is 1. The number of aryl methyl sites for hydroxylation is 2. The largest absolute Gasteiger partial charge is 0.496 e. The molecule has 5 nitrogen and oxygen atoms in total. The number of hydrogen-bond acceptors (Lipinski definition) is 4. The first-order valence-corrected chi connectivity index (χ1v) is 7.64. The van der Waals surface area contributed by atoms with Gasteiger partial charge in [-0.05, 0) is 54.8 Å². The summed E-state index contributed by atoms with van der Waals surface area (Å²) in [7, 11) is 4.74. The number of rotatable bonds is 6. The third-order valence-electron chi connectivity index (χ3n) is 3.96. The van der Waals surface area contributed by atoms with Crippen molar-refractivity contribution >= 4 is 5.91 Å². The second kappa shape index (κ2) is 7.73. The molecule has 128 valence electrons. The van der Waals surface area contributed by atoms with Gasteiger partial charge < -0.3 is 19.5 Å². The molecule has 0 unspecified atom stereocenters. The van der Waals surface area contributed by atoms with Crippen molar-refractivity contribution in [3.05, 3.63) is 52.6 Å². The number of amides is 1. The quantitative estimate of drug-likeness (QED) is 0.884. The second-order valence-electron chi connectivity index (χ2n) is 5.51. The van der Waals surface area contributed by atoms with E-state index in [2.05, 4.69) is 5.32 Å². The number of methoxy groups -OCH3 is 3. The molecule has 0 aromatic heterocycles. The summed E-state index contributed by atoms with van der Waals surface area (Å²) in [6.07, 6.45) is 0. The van der Waals surface area contributed by atoms with Crippen LogP contribution in [0.15, 0.2) is 30.3 Å². The third-order valence-corrected chi connectivity index (χ3v) is 3.96. The minimum atomic E-state index is -0.176. The predicted molar refractivity (Wildman–Crippen MR) is 93.2 cm³/mol. The van der Waals surface area contributed by atoms with E-state index in [0.717, 1.165) is 16.7 Å². The van der Waals surface area contributed by atoms with Gasteiger partial charge in [0.05, 0.1) is 26.9 Å². The smallest absolute Gasteiger partial charge is 0.255 e. The van der Waals surface area contributed by atoms with Gasteiger partial charge in [0.25, 0.3) is 5.91 Å². The molecule has 0 saturated carbocycles. The number of carbonyl (C=O) groups excluding carboxylic acids is 1. The SMILES string of the molecule is COc1ccc(CNC(=O)c2cc(C)c(C)cc2OC)cc1OC. The van der Waals surface area contributed by atoms with E-state index in [1.165, 1.54) is 0 Å². The highest BCUT2D eigenvalue weighted by atomic mass is 16.5. The number of hydrogen-bond donors (Lipinski definition) is 1. The average Bonchev–Trinajstić information content (AvgIpc) is 2.61. The van der Waals surface area contributed by atoms with Crippen LogP contribution in [0, 0.1) is 13.8 Å². The van der Waals surface area contributed by atoms with Crippen molar-refractivity contribution in [1.82, 2.24) is 5.32 Å². The Morgan fingerprint density at radius 1 is 0.875 bits per heavy atom. The minimum Gasteiger partial charge on any atom is -0.496 e. The molecule has 0 heterocycles. The Kier molecular flexibility index (Phi) is 5.68. The van der Waals surface area contributed by atoms with Gasteiger partial charge in [0.2, 0.25) is 0 Å². The molecule has 2 rings (SSSR count). The van der Waals surface area contributed by atoms with Crippen LogP contribution >= 0.6 is 0 Å². The summed E-state index contributed by atoms with van der Waals surface area (Å²) >= 11 is 0. The number of benzene rings is 2. The fourth-order valence-electron chi connectivity index (χ4n) is 2.40. The lowest BCUT2D eigenvalue weighted by Gasteiger charge is -2.13. The van der Waals surface area contributed by atoms with Crippen LogP contribution < -0.4 is 19.5 Å². The van der Waals surface area contributed by atoms with E-state index in [-0.39, 0.29) is 5.91 Å². The number of nitrogens with one attached hydrogen (secondary N) is 1. The lowest BCUT2D eigenvalue weighted by Crippen LogP contribution is -2.23. The molecule has 0 atom stereocenters. The van der Waals surface area contributed by atoms with Crippen LogP contribution in [0.5, 0.6) is 17.2 Å². The van der Waals surface area contributed by atoms with Crippen molar-refractivity contribution in [3.8, 4) is 17.2 Å². The van der Waals surface area contributed by atoms with Crippen LogP contribution in [-0.2, 0) is 6.54 Å². The summed E-state index contributed by atoms with van der Waals surface area (Å²) < 4.78 is 15.8. The molecule has 2 aromatic rings. The molecule has 2 aromatic carbocycles. The summed E-state index contributed by atoms with van der Waals surface area (Å²) in [4.78, 5) is 12.5. The van der Waals surface area contributed by atoms with Crippen molar-refractivity contribution < 1.29 is 19.0 Å². The Labute approximate surface area is 142 Å². The second-order valence-corrected chi connectivity index (χ2v) is 5.51. The standard InChI is InChI=1S/C19H23NO4/c1-12-8-15(17(23-4)9-13(12)2)19(21)20-11-14-6-7-16(22-3)18(10-14)24-5/h6-10H,11H2,1-5H3,(H,20,21). The number of ether oxygens (including phenoxy) is 3. The summed E-state index contributed by atoms with van der Waals surface area (Å²) in [6.45, 7) is 4.35. The molecule has 0 bridgehead atoms. The van der Waals surface area contributed by atoms with E-state index >= 15 is 0 Å². The topological polar surface area (TPSA) is 56.8 Å². The average molecular weight is 329 g/mol. The molecule has 0 spiro atoms. The Balaban J connectivity index is 2.15. The van der Waals surface area contributed by atoms with Crippen LogP contribution in [0.1, 0.15) is 27.0 Å². The molecular formula is C19H23NO4. The maximum atomic E-state index is 12.5. The molecule has 0 fully saturated rings. The van der Waals surface area contributed by atoms with E-state index in [4.69, 9.17) is 14.2 Å². The first-order chi connectivity index (χ1) is 11.5. The Morgan fingerprint density at radius 3 is 2.12 bits per heavy atom. The van der Waals surface area contributed by atoms with Gasteiger partial charge in [0.1, 0.15) is 5.75 Å². The fraction of sp³-hybridized carbons (Fsp3) is 0.316. The zero-order valence-corrected chi connectivity index (χ0v) is 14.7. The molecular weight excluding hydrogens is 306 g/mol. The highest BCUT2D eigenvalue weighted by molar-refractivity contribution is 5.97. The van der Waals surface area contributed by atoms with Gasteiger partial charge in [-0.2, -0.15) is 0 Å². The van der Waals surface area contributed by atoms with Crippen LogP contribution in [0.3, 0.4) is 0 Å². The molecule has 1 amide bonds. The van der Waals surface area contributed by atoms with Crippen LogP contribution in [0.4, 0.5) is 0 Å². The molecule has 1 N–H and O–H groups in total. The van der Waals surface area contributed by atoms with Crippen molar-refractivity contribution in [2.24, 2.45) is 0 Å². The van der Waals surface area contributed by atoms with E-state index in [0.29, 0.717) is 29.4 Å². The molecule has 0 radical (unpaired) electrons. The van der Waals surface area contributed by atoms with Gasteiger partial charge in [-0.15, -0.1) is 0 Å². The van der Waals surface area contributed by atoms with Crippen molar-refractivity contribution in [2.75, 3.05) is 21.3 Å². The first kappa shape index (κ1) is 17.7. The third kappa shape index (κ3) is 3.79. The van der Waals surface area contributed by atoms with E-state index < -0.39 is 0 Å². The van der Waals surface area contributed by atoms with Crippen LogP contribution in [0.2, 0.25) is 0 Å². The fourth-order valence-corrected chi connectivity index (χ4v) is 2.40. The molecule has 0 aliphatic carbocycles. The van der Waals surface area contributed by atoms with Crippen LogP contribution in [-0.4, -0.2) is 27.2 Å². The molecule has 24 heavy (non-hydrogen) atoms. The van der Waals surface area contributed by atoms with E-state index in [1.54, 1.807) is 21.3 Å². The Bertz CT molecular complexity index is 740. The first-order valence-electron chi connectivity index (χ1n) is 7.64. The normalized spacial score (nSPS) is 10.2. The molecule has 5 heteroatoms. The summed E-state index contributed by atoms with van der Waals surface area (Å²) in [6, 6.07) is 9.27. The highest BCUT2D eigenvalue weighted by Crippen LogP contribution is 2.27. The lowest BCUT2D eigenvalue weighted by molar-refractivity contribution is 0.0947. The molecule has 0 aliphatic rings. The van der Waals surface area contributed by atoms with Gasteiger partial charge in [0, 0.05) is 6.54 Å². The predicted octanol–water partition coefficient (Wildman–Crippen LogP) is 3.26. The highest BCUT2D eigenvalue weighted by Gasteiger charge is 2.14. The summed E-state index contributed by atoms with van der Waals surface area (Å²) in [5.74, 6) is 1.68. The van der Waals surface area contributed by atoms with E-state index in [1.807, 2.05) is 44.2 Å². The molecule has 0 saturated heterocycles. The van der Waals surface area contributed by atoms with Gasteiger partial charge in [-0.25, -0.2) is 0 Å². The minimum absolute atomic E-state index is 0.176. The summed E-state index contributed by atoms with van der Waals surface area (Å²) in [5, 5.41) is 2.91. The summed E-state index contributed by atoms with van der Waals surface area (Å²) in [5.41, 5.74) is 3.58. The Hall–Kier alpha value is -2.69.